The number of aliphatic hydroxyl groups is 1. The highest BCUT2D eigenvalue weighted by atomic mass is 32.1. The van der Waals surface area contributed by atoms with Gasteiger partial charge in [-0.1, -0.05) is 24.3 Å². The number of piperidine rings is 1. The van der Waals surface area contributed by atoms with E-state index in [0.717, 1.165) is 37.5 Å². The summed E-state index contributed by atoms with van der Waals surface area (Å²) >= 11 is 1.52. The number of aliphatic hydroxyl groups excluding tert-OH is 1. The Kier molecular flexibility index (Phi) is 6.49. The molecule has 31 heavy (non-hydrogen) atoms. The van der Waals surface area contributed by atoms with Crippen LogP contribution in [0.15, 0.2) is 29.6 Å². The van der Waals surface area contributed by atoms with Crippen LogP contribution >= 0.6 is 11.3 Å². The highest BCUT2D eigenvalue weighted by molar-refractivity contribution is 7.09. The second kappa shape index (κ2) is 8.98. The third kappa shape index (κ3) is 5.34. The summed E-state index contributed by atoms with van der Waals surface area (Å²) in [5.41, 5.74) is 2.34. The molecule has 0 atom stereocenters. The summed E-state index contributed by atoms with van der Waals surface area (Å²) in [7, 11) is 0. The van der Waals surface area contributed by atoms with Crippen molar-refractivity contribution in [3.8, 4) is 0 Å². The molecule has 2 aliphatic rings. The average Bonchev–Trinajstić information content (AvgIpc) is 3.15. The van der Waals surface area contributed by atoms with E-state index in [4.69, 9.17) is 4.74 Å². The molecule has 6 nitrogen and oxygen atoms in total. The van der Waals surface area contributed by atoms with Crippen molar-refractivity contribution in [2.45, 2.75) is 57.8 Å². The molecule has 1 N–H and O–H groups in total. The molecule has 7 heteroatoms. The van der Waals surface area contributed by atoms with Crippen molar-refractivity contribution in [2.75, 3.05) is 32.8 Å². The topological polar surface area (TPSA) is 65.9 Å². The molecular weight excluding hydrogens is 410 g/mol. The van der Waals surface area contributed by atoms with Gasteiger partial charge in [0.15, 0.2) is 0 Å². The lowest BCUT2D eigenvalue weighted by atomic mass is 9.86. The zero-order valence-corrected chi connectivity index (χ0v) is 19.6. The highest BCUT2D eigenvalue weighted by Crippen LogP contribution is 2.37. The van der Waals surface area contributed by atoms with Gasteiger partial charge in [0.05, 0.1) is 22.8 Å². The summed E-state index contributed by atoms with van der Waals surface area (Å²) < 4.78 is 6.61. The number of aromatic nitrogens is 1. The van der Waals surface area contributed by atoms with Crippen molar-refractivity contribution in [3.63, 3.8) is 0 Å². The number of thiazole rings is 1. The molecule has 2 aromatic rings. The second-order valence-corrected chi connectivity index (χ2v) is 10.6. The Morgan fingerprint density at radius 2 is 1.97 bits per heavy atom. The molecule has 1 aromatic heterocycles. The Balaban J connectivity index is 1.41. The van der Waals surface area contributed by atoms with Crippen molar-refractivity contribution >= 4 is 17.2 Å². The molecule has 0 aliphatic carbocycles. The van der Waals surface area contributed by atoms with Crippen LogP contribution in [0.2, 0.25) is 0 Å². The maximum atomic E-state index is 13.1. The number of amides is 1. The van der Waals surface area contributed by atoms with E-state index >= 15 is 0 Å². The van der Waals surface area contributed by atoms with Crippen molar-refractivity contribution in [1.82, 2.24) is 14.8 Å². The average molecular weight is 444 g/mol. The van der Waals surface area contributed by atoms with Crippen molar-refractivity contribution < 1.29 is 14.6 Å². The Morgan fingerprint density at radius 1 is 1.23 bits per heavy atom. The minimum absolute atomic E-state index is 0.0169. The largest absolute Gasteiger partial charge is 0.396 e. The monoisotopic (exact) mass is 443 g/mol. The molecule has 3 heterocycles. The fraction of sp³-hybridized carbons (Fsp3) is 0.583. The first-order valence-corrected chi connectivity index (χ1v) is 12.0. The minimum Gasteiger partial charge on any atom is -0.396 e. The van der Waals surface area contributed by atoms with Gasteiger partial charge in [-0.15, -0.1) is 11.3 Å². The van der Waals surface area contributed by atoms with Crippen LogP contribution in [0.1, 0.15) is 53.3 Å². The number of carbonyl (C=O) groups is 1. The van der Waals surface area contributed by atoms with E-state index in [2.05, 4.69) is 48.0 Å². The SMILES string of the molecule is Cc1nc(C(=O)N2CC(C)(C)OC3(CCN(Cc4cccc(CCO)c4)CC3)C2)cs1. The van der Waals surface area contributed by atoms with Gasteiger partial charge in [0.25, 0.3) is 5.91 Å². The van der Waals surface area contributed by atoms with Gasteiger partial charge in [-0.3, -0.25) is 9.69 Å². The molecule has 168 valence electrons. The number of hydrogen-bond donors (Lipinski definition) is 1. The molecule has 1 spiro atoms. The lowest BCUT2D eigenvalue weighted by Gasteiger charge is -2.53. The third-order valence-electron chi connectivity index (χ3n) is 6.23. The van der Waals surface area contributed by atoms with E-state index in [1.54, 1.807) is 0 Å². The standard InChI is InChI=1S/C24H33N3O3S/c1-18-25-21(15-31-18)22(29)27-16-23(2,3)30-24(17-27)8-10-26(11-9-24)14-20-6-4-5-19(13-20)7-12-28/h4-6,13,15,28H,7-12,14,16-17H2,1-3H3. The summed E-state index contributed by atoms with van der Waals surface area (Å²) in [5.74, 6) is 0.0169. The molecule has 2 fully saturated rings. The number of ether oxygens (including phenoxy) is 1. The van der Waals surface area contributed by atoms with Crippen LogP contribution in [0.25, 0.3) is 0 Å². The molecule has 4 rings (SSSR count). The van der Waals surface area contributed by atoms with Crippen LogP contribution < -0.4 is 0 Å². The summed E-state index contributed by atoms with van der Waals surface area (Å²) in [4.78, 5) is 21.9. The van der Waals surface area contributed by atoms with E-state index in [9.17, 15) is 9.90 Å². The predicted octanol–water partition coefficient (Wildman–Crippen LogP) is 3.27. The molecular formula is C24H33N3O3S. The fourth-order valence-electron chi connectivity index (χ4n) is 4.93. The first kappa shape index (κ1) is 22.4. The van der Waals surface area contributed by atoms with Gasteiger partial charge >= 0.3 is 0 Å². The van der Waals surface area contributed by atoms with Crippen LogP contribution in [-0.4, -0.2) is 69.8 Å². The van der Waals surface area contributed by atoms with Crippen molar-refractivity contribution in [1.29, 1.82) is 0 Å². The lowest BCUT2D eigenvalue weighted by Crippen LogP contribution is -2.63. The van der Waals surface area contributed by atoms with Crippen molar-refractivity contribution in [3.05, 3.63) is 51.5 Å². The molecule has 0 unspecified atom stereocenters. The number of morpholine rings is 1. The van der Waals surface area contributed by atoms with Gasteiger partial charge < -0.3 is 14.7 Å². The first-order valence-electron chi connectivity index (χ1n) is 11.1. The Bertz CT molecular complexity index is 918. The van der Waals surface area contributed by atoms with Gasteiger partial charge in [0, 0.05) is 38.2 Å². The maximum absolute atomic E-state index is 13.1. The number of carbonyl (C=O) groups excluding carboxylic acids is 1. The van der Waals surface area contributed by atoms with Crippen LogP contribution in [0.4, 0.5) is 0 Å². The molecule has 0 radical (unpaired) electrons. The van der Waals surface area contributed by atoms with E-state index in [1.165, 1.54) is 22.5 Å². The van der Waals surface area contributed by atoms with Crippen LogP contribution in [0, 0.1) is 6.92 Å². The predicted molar refractivity (Wildman–Crippen MR) is 122 cm³/mol. The van der Waals surface area contributed by atoms with Gasteiger partial charge in [-0.05, 0) is 51.2 Å². The third-order valence-corrected chi connectivity index (χ3v) is 7.01. The van der Waals surface area contributed by atoms with Gasteiger partial charge in [-0.2, -0.15) is 0 Å². The molecule has 0 bridgehead atoms. The van der Waals surface area contributed by atoms with E-state index in [1.807, 2.05) is 17.2 Å². The molecule has 1 aromatic carbocycles. The van der Waals surface area contributed by atoms with Gasteiger partial charge in [0.1, 0.15) is 5.69 Å². The fourth-order valence-corrected chi connectivity index (χ4v) is 5.52. The number of rotatable bonds is 5. The summed E-state index contributed by atoms with van der Waals surface area (Å²) in [6.45, 7) is 10.3. The van der Waals surface area contributed by atoms with Crippen LogP contribution in [-0.2, 0) is 17.7 Å². The van der Waals surface area contributed by atoms with E-state index < -0.39 is 0 Å². The molecule has 2 aliphatic heterocycles. The lowest BCUT2D eigenvalue weighted by molar-refractivity contribution is -0.205. The number of aryl methyl sites for hydroxylation is 1. The first-order chi connectivity index (χ1) is 14.8. The number of hydrogen-bond acceptors (Lipinski definition) is 6. The smallest absolute Gasteiger partial charge is 0.273 e. The zero-order valence-electron chi connectivity index (χ0n) is 18.8. The summed E-state index contributed by atoms with van der Waals surface area (Å²) in [6, 6.07) is 8.49. The van der Waals surface area contributed by atoms with Crippen molar-refractivity contribution in [2.24, 2.45) is 0 Å². The number of likely N-dealkylation sites (tertiary alicyclic amines) is 1. The summed E-state index contributed by atoms with van der Waals surface area (Å²) in [6.07, 6.45) is 2.52. The van der Waals surface area contributed by atoms with E-state index in [0.29, 0.717) is 25.2 Å². The second-order valence-electron chi connectivity index (χ2n) is 9.53. The maximum Gasteiger partial charge on any atom is 0.273 e. The van der Waals surface area contributed by atoms with Gasteiger partial charge in [0.2, 0.25) is 0 Å². The Labute approximate surface area is 188 Å². The molecule has 0 saturated carbocycles. The number of nitrogens with zero attached hydrogens (tertiary/aromatic N) is 3. The zero-order chi connectivity index (χ0) is 22.1. The molecule has 1 amide bonds. The Morgan fingerprint density at radius 3 is 2.65 bits per heavy atom. The van der Waals surface area contributed by atoms with Gasteiger partial charge in [-0.25, -0.2) is 4.98 Å². The Hall–Kier alpha value is -1.80. The normalized spacial score (nSPS) is 20.8. The number of benzene rings is 1. The van der Waals surface area contributed by atoms with E-state index in [-0.39, 0.29) is 23.7 Å². The quantitative estimate of drug-likeness (QED) is 0.768. The highest BCUT2D eigenvalue weighted by Gasteiger charge is 2.47. The van der Waals surface area contributed by atoms with Crippen LogP contribution in [0.5, 0.6) is 0 Å². The van der Waals surface area contributed by atoms with Crippen LogP contribution in [0.3, 0.4) is 0 Å². The summed E-state index contributed by atoms with van der Waals surface area (Å²) in [5, 5.41) is 12.0. The molecule has 2 saturated heterocycles. The minimum atomic E-state index is -0.375.